The van der Waals surface area contributed by atoms with Crippen LogP contribution in [0.3, 0.4) is 0 Å². The van der Waals surface area contributed by atoms with Gasteiger partial charge in [-0.25, -0.2) is 0 Å². The fraction of sp³-hybridized carbons (Fsp3) is 0.500. The molecule has 1 unspecified atom stereocenters. The van der Waals surface area contributed by atoms with E-state index in [0.717, 1.165) is 19.5 Å². The Labute approximate surface area is 95.6 Å². The average molecular weight is 222 g/mol. The van der Waals surface area contributed by atoms with Crippen LogP contribution in [-0.2, 0) is 6.42 Å². The lowest BCUT2D eigenvalue weighted by Gasteiger charge is -2.19. The fourth-order valence-electron chi connectivity index (χ4n) is 1.80. The van der Waals surface area contributed by atoms with Crippen molar-refractivity contribution in [1.29, 1.82) is 0 Å². The van der Waals surface area contributed by atoms with E-state index >= 15 is 0 Å². The monoisotopic (exact) mass is 222 g/mol. The zero-order valence-corrected chi connectivity index (χ0v) is 9.94. The minimum Gasteiger partial charge on any atom is -0.383 e. The zero-order chi connectivity index (χ0) is 10.7. The molecule has 1 atom stereocenters. The van der Waals surface area contributed by atoms with E-state index in [-0.39, 0.29) is 0 Å². The molecular formula is C12H18N2S. The Balaban J connectivity index is 2.13. The van der Waals surface area contributed by atoms with Crippen LogP contribution in [0.4, 0.5) is 5.69 Å². The molecule has 2 nitrogen and oxygen atoms in total. The van der Waals surface area contributed by atoms with Gasteiger partial charge in [-0.15, -0.1) is 11.8 Å². The highest BCUT2D eigenvalue weighted by Crippen LogP contribution is 2.31. The smallest absolute Gasteiger partial charge is 0.0481 e. The lowest BCUT2D eigenvalue weighted by Crippen LogP contribution is -2.14. The van der Waals surface area contributed by atoms with Gasteiger partial charge in [-0.3, -0.25) is 0 Å². The van der Waals surface area contributed by atoms with Crippen molar-refractivity contribution in [2.45, 2.75) is 18.2 Å². The summed E-state index contributed by atoms with van der Waals surface area (Å²) in [4.78, 5) is 1.38. The van der Waals surface area contributed by atoms with Crippen molar-refractivity contribution >= 4 is 17.4 Å². The molecule has 82 valence electrons. The molecule has 0 aromatic heterocycles. The first-order valence-corrected chi connectivity index (χ1v) is 6.48. The predicted octanol–water partition coefficient (Wildman–Crippen LogP) is 2.34. The summed E-state index contributed by atoms with van der Waals surface area (Å²) in [5.74, 6) is 1.74. The molecule has 0 fully saturated rings. The number of nitrogens with two attached hydrogens (primary N) is 1. The predicted molar refractivity (Wildman–Crippen MR) is 67.6 cm³/mol. The van der Waals surface area contributed by atoms with Crippen LogP contribution >= 0.6 is 11.8 Å². The average Bonchev–Trinajstić information content (AvgIpc) is 2.29. The summed E-state index contributed by atoms with van der Waals surface area (Å²) in [6.07, 6.45) is 1.08. The molecular weight excluding hydrogens is 204 g/mol. The van der Waals surface area contributed by atoms with Crippen LogP contribution in [0, 0.1) is 5.92 Å². The summed E-state index contributed by atoms with van der Waals surface area (Å²) in [6.45, 7) is 4.04. The third-order valence-corrected chi connectivity index (χ3v) is 3.78. The van der Waals surface area contributed by atoms with Gasteiger partial charge in [0, 0.05) is 22.9 Å². The third kappa shape index (κ3) is 2.67. The molecule has 1 aliphatic heterocycles. The van der Waals surface area contributed by atoms with Gasteiger partial charge in [0.2, 0.25) is 0 Å². The molecule has 1 heterocycles. The van der Waals surface area contributed by atoms with E-state index in [2.05, 4.69) is 30.4 Å². The van der Waals surface area contributed by atoms with E-state index < -0.39 is 0 Å². The van der Waals surface area contributed by atoms with E-state index in [0.29, 0.717) is 5.92 Å². The van der Waals surface area contributed by atoms with Crippen LogP contribution in [0.2, 0.25) is 0 Å². The third-order valence-electron chi connectivity index (χ3n) is 2.71. The van der Waals surface area contributed by atoms with Gasteiger partial charge in [-0.05, 0) is 36.6 Å². The van der Waals surface area contributed by atoms with E-state index in [4.69, 9.17) is 5.73 Å². The normalized spacial score (nSPS) is 16.7. The standard InChI is InChI=1S/C12H18N2S/c1-9(8-13)6-10-2-3-12-11(7-10)14-4-5-15-12/h2-3,7,9,14H,4-6,8,13H2,1H3. The maximum atomic E-state index is 5.64. The lowest BCUT2D eigenvalue weighted by molar-refractivity contribution is 0.593. The lowest BCUT2D eigenvalue weighted by atomic mass is 10.0. The van der Waals surface area contributed by atoms with Crippen LogP contribution in [0.15, 0.2) is 23.1 Å². The van der Waals surface area contributed by atoms with E-state index in [1.54, 1.807) is 0 Å². The van der Waals surface area contributed by atoms with E-state index in [1.165, 1.54) is 21.9 Å². The minimum absolute atomic E-state index is 0.569. The molecule has 0 saturated heterocycles. The second kappa shape index (κ2) is 4.90. The van der Waals surface area contributed by atoms with Crippen LogP contribution in [0.5, 0.6) is 0 Å². The molecule has 0 amide bonds. The molecule has 0 bridgehead atoms. The van der Waals surface area contributed by atoms with Gasteiger partial charge in [-0.1, -0.05) is 13.0 Å². The number of hydrogen-bond donors (Lipinski definition) is 2. The molecule has 0 saturated carbocycles. The molecule has 2 rings (SSSR count). The number of fused-ring (bicyclic) bond motifs is 1. The SMILES string of the molecule is CC(CN)Cc1ccc2c(c1)NCCS2. The summed E-state index contributed by atoms with van der Waals surface area (Å²) in [7, 11) is 0. The summed E-state index contributed by atoms with van der Waals surface area (Å²) >= 11 is 1.93. The highest BCUT2D eigenvalue weighted by atomic mass is 32.2. The Hall–Kier alpha value is -0.670. The van der Waals surface area contributed by atoms with Crippen LogP contribution < -0.4 is 11.1 Å². The Morgan fingerprint density at radius 3 is 3.20 bits per heavy atom. The Kier molecular flexibility index (Phi) is 3.54. The number of thioether (sulfide) groups is 1. The van der Waals surface area contributed by atoms with E-state index in [1.807, 2.05) is 11.8 Å². The van der Waals surface area contributed by atoms with Crippen molar-refractivity contribution in [1.82, 2.24) is 0 Å². The Morgan fingerprint density at radius 1 is 1.53 bits per heavy atom. The van der Waals surface area contributed by atoms with Gasteiger partial charge in [0.25, 0.3) is 0 Å². The number of hydrogen-bond acceptors (Lipinski definition) is 3. The Bertz CT molecular complexity index is 338. The molecule has 1 aromatic rings. The Morgan fingerprint density at radius 2 is 2.40 bits per heavy atom. The van der Waals surface area contributed by atoms with Crippen LogP contribution in [0.25, 0.3) is 0 Å². The second-order valence-electron chi connectivity index (χ2n) is 4.15. The number of rotatable bonds is 3. The van der Waals surface area contributed by atoms with Gasteiger partial charge < -0.3 is 11.1 Å². The molecule has 3 N–H and O–H groups in total. The topological polar surface area (TPSA) is 38.0 Å². The second-order valence-corrected chi connectivity index (χ2v) is 5.29. The van der Waals surface area contributed by atoms with Gasteiger partial charge >= 0.3 is 0 Å². The van der Waals surface area contributed by atoms with Crippen molar-refractivity contribution in [3.8, 4) is 0 Å². The molecule has 0 spiro atoms. The molecule has 0 aliphatic carbocycles. The van der Waals surface area contributed by atoms with Crippen molar-refractivity contribution in [2.75, 3.05) is 24.2 Å². The van der Waals surface area contributed by atoms with Crippen molar-refractivity contribution in [2.24, 2.45) is 11.7 Å². The van der Waals surface area contributed by atoms with Crippen molar-refractivity contribution in [3.63, 3.8) is 0 Å². The molecule has 0 radical (unpaired) electrons. The summed E-state index contributed by atoms with van der Waals surface area (Å²) < 4.78 is 0. The summed E-state index contributed by atoms with van der Waals surface area (Å²) in [5, 5.41) is 3.44. The molecule has 1 aromatic carbocycles. The first-order chi connectivity index (χ1) is 7.29. The minimum atomic E-state index is 0.569. The summed E-state index contributed by atoms with van der Waals surface area (Å²) in [6, 6.07) is 6.73. The molecule has 3 heteroatoms. The van der Waals surface area contributed by atoms with Crippen molar-refractivity contribution in [3.05, 3.63) is 23.8 Å². The quantitative estimate of drug-likeness (QED) is 0.824. The fourth-order valence-corrected chi connectivity index (χ4v) is 2.68. The van der Waals surface area contributed by atoms with Gasteiger partial charge in [0.15, 0.2) is 0 Å². The maximum absolute atomic E-state index is 5.64. The molecule has 15 heavy (non-hydrogen) atoms. The highest BCUT2D eigenvalue weighted by Gasteiger charge is 2.10. The van der Waals surface area contributed by atoms with Crippen LogP contribution in [0.1, 0.15) is 12.5 Å². The first-order valence-electron chi connectivity index (χ1n) is 5.49. The van der Waals surface area contributed by atoms with Crippen molar-refractivity contribution < 1.29 is 0 Å². The largest absolute Gasteiger partial charge is 0.383 e. The van der Waals surface area contributed by atoms with Gasteiger partial charge in [0.1, 0.15) is 0 Å². The zero-order valence-electron chi connectivity index (χ0n) is 9.12. The number of anilines is 1. The van der Waals surface area contributed by atoms with Gasteiger partial charge in [0.05, 0.1) is 0 Å². The molecule has 1 aliphatic rings. The van der Waals surface area contributed by atoms with E-state index in [9.17, 15) is 0 Å². The number of nitrogens with one attached hydrogen (secondary N) is 1. The highest BCUT2D eigenvalue weighted by molar-refractivity contribution is 7.99. The summed E-state index contributed by atoms with van der Waals surface area (Å²) in [5.41, 5.74) is 8.33. The maximum Gasteiger partial charge on any atom is 0.0481 e. The first kappa shape index (κ1) is 10.8. The van der Waals surface area contributed by atoms with Gasteiger partial charge in [-0.2, -0.15) is 0 Å². The van der Waals surface area contributed by atoms with Crippen LogP contribution in [-0.4, -0.2) is 18.8 Å². The number of benzene rings is 1.